The lowest BCUT2D eigenvalue weighted by atomic mass is 10.2. The van der Waals surface area contributed by atoms with E-state index in [1.54, 1.807) is 17.8 Å². The van der Waals surface area contributed by atoms with Gasteiger partial charge in [-0.25, -0.2) is 4.98 Å². The smallest absolute Gasteiger partial charge is 0.228 e. The summed E-state index contributed by atoms with van der Waals surface area (Å²) >= 11 is 3.03. The SMILES string of the molecule is Cc1ccc2nc(NC(=O)CCCSc3ccc(NC(=O)C4CC4)nn3)sc2c1. The number of nitrogens with one attached hydrogen (secondary N) is 2. The third-order valence-electron chi connectivity index (χ3n) is 4.43. The molecule has 4 rings (SSSR count). The maximum Gasteiger partial charge on any atom is 0.228 e. The van der Waals surface area contributed by atoms with Crippen LogP contribution in [-0.2, 0) is 9.59 Å². The summed E-state index contributed by atoms with van der Waals surface area (Å²) in [5.74, 6) is 1.37. The Morgan fingerprint density at radius 1 is 1.17 bits per heavy atom. The monoisotopic (exact) mass is 427 g/mol. The van der Waals surface area contributed by atoms with Crippen molar-refractivity contribution >= 4 is 56.1 Å². The minimum atomic E-state index is -0.0365. The number of carbonyl (C=O) groups excluding carboxylic acids is 2. The van der Waals surface area contributed by atoms with E-state index in [1.165, 1.54) is 16.9 Å². The fourth-order valence-corrected chi connectivity index (χ4v) is 4.45. The van der Waals surface area contributed by atoms with Crippen molar-refractivity contribution < 1.29 is 9.59 Å². The molecule has 0 saturated heterocycles. The summed E-state index contributed by atoms with van der Waals surface area (Å²) in [5.41, 5.74) is 2.08. The topological polar surface area (TPSA) is 96.9 Å². The summed E-state index contributed by atoms with van der Waals surface area (Å²) in [4.78, 5) is 28.3. The van der Waals surface area contributed by atoms with Gasteiger partial charge in [0.05, 0.1) is 10.2 Å². The van der Waals surface area contributed by atoms with Crippen molar-refractivity contribution in [3.05, 3.63) is 35.9 Å². The fraction of sp³-hybridized carbons (Fsp3) is 0.350. The summed E-state index contributed by atoms with van der Waals surface area (Å²) in [6.07, 6.45) is 3.06. The average Bonchev–Trinajstić information content (AvgIpc) is 3.48. The van der Waals surface area contributed by atoms with E-state index in [0.717, 1.165) is 40.3 Å². The predicted octanol–water partition coefficient (Wildman–Crippen LogP) is 4.25. The minimum Gasteiger partial charge on any atom is -0.309 e. The number of thioether (sulfide) groups is 1. The molecule has 1 aliphatic carbocycles. The first-order chi connectivity index (χ1) is 14.1. The van der Waals surface area contributed by atoms with Crippen molar-refractivity contribution in [3.8, 4) is 0 Å². The second kappa shape index (κ2) is 8.87. The van der Waals surface area contributed by atoms with E-state index in [9.17, 15) is 9.59 Å². The second-order valence-corrected chi connectivity index (χ2v) is 9.16. The highest BCUT2D eigenvalue weighted by atomic mass is 32.2. The van der Waals surface area contributed by atoms with Crippen LogP contribution < -0.4 is 10.6 Å². The van der Waals surface area contributed by atoms with Crippen molar-refractivity contribution in [2.24, 2.45) is 5.92 Å². The van der Waals surface area contributed by atoms with Crippen molar-refractivity contribution in [2.45, 2.75) is 37.6 Å². The minimum absolute atomic E-state index is 0.0222. The number of anilines is 2. The first-order valence-electron chi connectivity index (χ1n) is 9.51. The van der Waals surface area contributed by atoms with Crippen molar-refractivity contribution in [2.75, 3.05) is 16.4 Å². The van der Waals surface area contributed by atoms with Crippen molar-refractivity contribution in [1.29, 1.82) is 0 Å². The van der Waals surface area contributed by atoms with Gasteiger partial charge in [0, 0.05) is 18.1 Å². The molecule has 0 atom stereocenters. The number of thiazole rings is 1. The lowest BCUT2D eigenvalue weighted by Crippen LogP contribution is -2.14. The van der Waals surface area contributed by atoms with E-state index in [1.807, 2.05) is 25.1 Å². The van der Waals surface area contributed by atoms with Gasteiger partial charge in [0.1, 0.15) is 5.03 Å². The third-order valence-corrected chi connectivity index (χ3v) is 6.37. The number of aromatic nitrogens is 3. The summed E-state index contributed by atoms with van der Waals surface area (Å²) in [7, 11) is 0. The fourth-order valence-electron chi connectivity index (χ4n) is 2.71. The molecule has 1 fully saturated rings. The van der Waals surface area contributed by atoms with Crippen LogP contribution in [0, 0.1) is 12.8 Å². The zero-order chi connectivity index (χ0) is 20.2. The van der Waals surface area contributed by atoms with E-state index < -0.39 is 0 Å². The molecule has 0 radical (unpaired) electrons. The molecule has 1 aromatic carbocycles. The number of fused-ring (bicyclic) bond motifs is 1. The van der Waals surface area contributed by atoms with Gasteiger partial charge in [-0.1, -0.05) is 17.4 Å². The molecule has 0 unspecified atom stereocenters. The third kappa shape index (κ3) is 5.51. The van der Waals surface area contributed by atoms with Gasteiger partial charge in [-0.15, -0.1) is 22.0 Å². The Morgan fingerprint density at radius 2 is 2.03 bits per heavy atom. The van der Waals surface area contributed by atoms with Gasteiger partial charge in [-0.2, -0.15) is 0 Å². The molecule has 0 bridgehead atoms. The van der Waals surface area contributed by atoms with Gasteiger partial charge >= 0.3 is 0 Å². The van der Waals surface area contributed by atoms with E-state index >= 15 is 0 Å². The van der Waals surface area contributed by atoms with Crippen LogP contribution in [0.3, 0.4) is 0 Å². The molecule has 1 saturated carbocycles. The van der Waals surface area contributed by atoms with Crippen LogP contribution in [0.15, 0.2) is 35.4 Å². The average molecular weight is 428 g/mol. The molecule has 3 aromatic rings. The molecule has 2 N–H and O–H groups in total. The molecule has 150 valence electrons. The van der Waals surface area contributed by atoms with E-state index in [0.29, 0.717) is 17.4 Å². The molecule has 29 heavy (non-hydrogen) atoms. The lowest BCUT2D eigenvalue weighted by molar-refractivity contribution is -0.117. The Morgan fingerprint density at radius 3 is 2.79 bits per heavy atom. The Kier molecular flexibility index (Phi) is 6.05. The number of rotatable bonds is 8. The second-order valence-electron chi connectivity index (χ2n) is 7.01. The number of carbonyl (C=O) groups is 2. The standard InChI is InChI=1S/C20H21N5O2S2/c1-12-4-7-14-15(11-12)29-20(21-14)23-17(26)3-2-10-28-18-9-8-16(24-25-18)22-19(27)13-5-6-13/h4,7-9,11,13H,2-3,5-6,10H2,1H3,(H,21,23,26)(H,22,24,27). The van der Waals surface area contributed by atoms with E-state index in [2.05, 4.69) is 31.9 Å². The highest BCUT2D eigenvalue weighted by Gasteiger charge is 2.29. The van der Waals surface area contributed by atoms with Gasteiger partial charge in [-0.05, 0) is 56.0 Å². The lowest BCUT2D eigenvalue weighted by Gasteiger charge is -2.04. The van der Waals surface area contributed by atoms with Crippen LogP contribution >= 0.6 is 23.1 Å². The van der Waals surface area contributed by atoms with Gasteiger partial charge in [0.25, 0.3) is 0 Å². The normalized spacial score (nSPS) is 13.4. The predicted molar refractivity (Wildman–Crippen MR) is 116 cm³/mol. The van der Waals surface area contributed by atoms with Crippen molar-refractivity contribution in [1.82, 2.24) is 15.2 Å². The number of hydrogen-bond donors (Lipinski definition) is 2. The maximum absolute atomic E-state index is 12.2. The Balaban J connectivity index is 1.18. The molecule has 2 aromatic heterocycles. The molecule has 9 heteroatoms. The Labute approximate surface area is 176 Å². The highest BCUT2D eigenvalue weighted by Crippen LogP contribution is 2.30. The largest absolute Gasteiger partial charge is 0.309 e. The van der Waals surface area contributed by atoms with Crippen LogP contribution in [0.1, 0.15) is 31.2 Å². The first kappa shape index (κ1) is 19.8. The molecular formula is C20H21N5O2S2. The summed E-state index contributed by atoms with van der Waals surface area (Å²) in [5, 5.41) is 15.2. The van der Waals surface area contributed by atoms with Crippen LogP contribution in [0.5, 0.6) is 0 Å². The van der Waals surface area contributed by atoms with Crippen molar-refractivity contribution in [3.63, 3.8) is 0 Å². The zero-order valence-corrected chi connectivity index (χ0v) is 17.6. The number of amides is 2. The van der Waals surface area contributed by atoms with Crippen LogP contribution in [-0.4, -0.2) is 32.7 Å². The first-order valence-corrected chi connectivity index (χ1v) is 11.3. The molecule has 0 aliphatic heterocycles. The van der Waals surface area contributed by atoms with Gasteiger partial charge in [0.15, 0.2) is 10.9 Å². The molecule has 2 heterocycles. The Bertz CT molecular complexity index is 1030. The number of aryl methyl sites for hydroxylation is 1. The molecule has 2 amide bonds. The van der Waals surface area contributed by atoms with Crippen LogP contribution in [0.25, 0.3) is 10.2 Å². The summed E-state index contributed by atoms with van der Waals surface area (Å²) in [6, 6.07) is 9.65. The molecule has 0 spiro atoms. The molecular weight excluding hydrogens is 406 g/mol. The number of nitrogens with zero attached hydrogens (tertiary/aromatic N) is 3. The van der Waals surface area contributed by atoms with Crippen LogP contribution in [0.2, 0.25) is 0 Å². The quantitative estimate of drug-likeness (QED) is 0.412. The van der Waals surface area contributed by atoms with Gasteiger partial charge in [-0.3, -0.25) is 9.59 Å². The highest BCUT2D eigenvalue weighted by molar-refractivity contribution is 7.99. The van der Waals surface area contributed by atoms with E-state index in [4.69, 9.17) is 0 Å². The maximum atomic E-state index is 12.2. The number of hydrogen-bond acceptors (Lipinski definition) is 7. The Hall–Kier alpha value is -2.52. The zero-order valence-electron chi connectivity index (χ0n) is 16.0. The van der Waals surface area contributed by atoms with E-state index in [-0.39, 0.29) is 17.7 Å². The molecule has 1 aliphatic rings. The van der Waals surface area contributed by atoms with Crippen LogP contribution in [0.4, 0.5) is 10.9 Å². The number of benzene rings is 1. The summed E-state index contributed by atoms with van der Waals surface area (Å²) < 4.78 is 1.08. The van der Waals surface area contributed by atoms with Gasteiger partial charge < -0.3 is 10.6 Å². The van der Waals surface area contributed by atoms with Gasteiger partial charge in [0.2, 0.25) is 11.8 Å². The summed E-state index contributed by atoms with van der Waals surface area (Å²) in [6.45, 7) is 2.04. The molecule has 7 nitrogen and oxygen atoms in total.